The lowest BCUT2D eigenvalue weighted by molar-refractivity contribution is 0.308. The van der Waals surface area contributed by atoms with Crippen LogP contribution in [0.15, 0.2) is 36.5 Å². The molecule has 0 aliphatic carbocycles. The fraction of sp³-hybridized carbons (Fsp3) is 0.400. The van der Waals surface area contributed by atoms with E-state index in [1.54, 1.807) is 0 Å². The number of hydrogen-bond acceptors (Lipinski definition) is 2. The smallest absolute Gasteiger partial charge is 0.145 e. The van der Waals surface area contributed by atoms with Crippen molar-refractivity contribution in [2.75, 3.05) is 11.9 Å². The molecule has 0 saturated carbocycles. The Morgan fingerprint density at radius 1 is 1.00 bits per heavy atom. The van der Waals surface area contributed by atoms with Crippen LogP contribution in [0.25, 0.3) is 10.9 Å². The van der Waals surface area contributed by atoms with Crippen LogP contribution in [0.4, 0.5) is 0 Å². The van der Waals surface area contributed by atoms with Crippen molar-refractivity contribution in [3.8, 4) is 5.75 Å². The summed E-state index contributed by atoms with van der Waals surface area (Å²) in [5.74, 6) is 0.897. The number of rotatable bonds is 7. The Balaban J connectivity index is 1.88. The van der Waals surface area contributed by atoms with Gasteiger partial charge in [0.25, 0.3) is 0 Å². The van der Waals surface area contributed by atoms with E-state index in [-0.39, 0.29) is 0 Å². The summed E-state index contributed by atoms with van der Waals surface area (Å²) >= 11 is 3.44. The van der Waals surface area contributed by atoms with E-state index in [2.05, 4.69) is 33.0 Å². The molecule has 0 atom stereocenters. The molecule has 0 unspecified atom stereocenters. The second-order valence-electron chi connectivity index (χ2n) is 4.28. The van der Waals surface area contributed by atoms with Crippen LogP contribution in [0.2, 0.25) is 0 Å². The Hall–Kier alpha value is -1.09. The van der Waals surface area contributed by atoms with Gasteiger partial charge in [-0.1, -0.05) is 47.0 Å². The van der Waals surface area contributed by atoms with Crippen LogP contribution in [0.5, 0.6) is 5.75 Å². The van der Waals surface area contributed by atoms with Crippen molar-refractivity contribution in [2.24, 2.45) is 0 Å². The molecule has 0 aliphatic rings. The first-order valence-electron chi connectivity index (χ1n) is 6.44. The maximum absolute atomic E-state index is 5.83. The number of unbranched alkanes of at least 4 members (excludes halogenated alkanes) is 3. The number of aromatic nitrogens is 1. The zero-order valence-electron chi connectivity index (χ0n) is 10.4. The molecule has 3 heteroatoms. The highest BCUT2D eigenvalue weighted by molar-refractivity contribution is 9.09. The molecule has 96 valence electrons. The predicted molar refractivity (Wildman–Crippen MR) is 79.5 cm³/mol. The Morgan fingerprint density at radius 2 is 1.83 bits per heavy atom. The molecular weight excluding hydrogens is 290 g/mol. The molecule has 2 aromatic rings. The SMILES string of the molecule is BrCCCCCCOc1cccc2cccnc12. The van der Waals surface area contributed by atoms with Gasteiger partial charge in [0, 0.05) is 16.9 Å². The summed E-state index contributed by atoms with van der Waals surface area (Å²) in [5, 5.41) is 2.23. The van der Waals surface area contributed by atoms with Crippen LogP contribution in [0.3, 0.4) is 0 Å². The van der Waals surface area contributed by atoms with Crippen molar-refractivity contribution in [3.63, 3.8) is 0 Å². The van der Waals surface area contributed by atoms with Crippen LogP contribution in [0, 0.1) is 0 Å². The number of benzene rings is 1. The van der Waals surface area contributed by atoms with Crippen molar-refractivity contribution < 1.29 is 4.74 Å². The predicted octanol–water partition coefficient (Wildman–Crippen LogP) is 4.57. The summed E-state index contributed by atoms with van der Waals surface area (Å²) in [5.41, 5.74) is 0.959. The summed E-state index contributed by atoms with van der Waals surface area (Å²) in [7, 11) is 0. The average Bonchev–Trinajstić information content (AvgIpc) is 2.43. The number of halogens is 1. The van der Waals surface area contributed by atoms with Gasteiger partial charge < -0.3 is 4.74 Å². The van der Waals surface area contributed by atoms with E-state index < -0.39 is 0 Å². The molecule has 0 amide bonds. The van der Waals surface area contributed by atoms with E-state index in [0.717, 1.165) is 35.0 Å². The van der Waals surface area contributed by atoms with Crippen LogP contribution in [-0.2, 0) is 0 Å². The fourth-order valence-electron chi connectivity index (χ4n) is 1.92. The normalized spacial score (nSPS) is 10.7. The van der Waals surface area contributed by atoms with Crippen LogP contribution in [-0.4, -0.2) is 16.9 Å². The molecular formula is C15H18BrNO. The highest BCUT2D eigenvalue weighted by Gasteiger charge is 2.01. The van der Waals surface area contributed by atoms with Gasteiger partial charge in [0.05, 0.1) is 6.61 Å². The first kappa shape index (κ1) is 13.3. The Morgan fingerprint density at radius 3 is 2.72 bits per heavy atom. The summed E-state index contributed by atoms with van der Waals surface area (Å²) in [4.78, 5) is 4.38. The third kappa shape index (κ3) is 3.70. The van der Waals surface area contributed by atoms with E-state index in [1.807, 2.05) is 24.4 Å². The molecule has 2 rings (SSSR count). The third-order valence-corrected chi connectivity index (χ3v) is 3.44. The van der Waals surface area contributed by atoms with Gasteiger partial charge in [-0.3, -0.25) is 4.98 Å². The lowest BCUT2D eigenvalue weighted by Crippen LogP contribution is -1.98. The highest BCUT2D eigenvalue weighted by Crippen LogP contribution is 2.23. The summed E-state index contributed by atoms with van der Waals surface area (Å²) in [6.07, 6.45) is 6.66. The monoisotopic (exact) mass is 307 g/mol. The Kier molecular flexibility index (Phi) is 5.46. The van der Waals surface area contributed by atoms with Crippen molar-refractivity contribution in [1.82, 2.24) is 4.98 Å². The largest absolute Gasteiger partial charge is 0.491 e. The van der Waals surface area contributed by atoms with Crippen LogP contribution >= 0.6 is 15.9 Å². The van der Waals surface area contributed by atoms with Crippen molar-refractivity contribution >= 4 is 26.8 Å². The molecule has 18 heavy (non-hydrogen) atoms. The molecule has 0 saturated heterocycles. The summed E-state index contributed by atoms with van der Waals surface area (Å²) in [6.45, 7) is 0.776. The quantitative estimate of drug-likeness (QED) is 0.552. The molecule has 2 nitrogen and oxygen atoms in total. The zero-order chi connectivity index (χ0) is 12.6. The Labute approximate surface area is 117 Å². The third-order valence-electron chi connectivity index (χ3n) is 2.88. The summed E-state index contributed by atoms with van der Waals surface area (Å²) < 4.78 is 5.83. The first-order chi connectivity index (χ1) is 8.92. The molecule has 0 bridgehead atoms. The minimum atomic E-state index is 0.776. The second kappa shape index (κ2) is 7.37. The molecule has 0 N–H and O–H groups in total. The first-order valence-corrected chi connectivity index (χ1v) is 7.56. The van der Waals surface area contributed by atoms with Crippen molar-refractivity contribution in [3.05, 3.63) is 36.5 Å². The number of fused-ring (bicyclic) bond motifs is 1. The molecule has 1 aromatic carbocycles. The van der Waals surface area contributed by atoms with Gasteiger partial charge in [-0.15, -0.1) is 0 Å². The van der Waals surface area contributed by atoms with Gasteiger partial charge in [0.1, 0.15) is 11.3 Å². The fourth-order valence-corrected chi connectivity index (χ4v) is 2.32. The number of nitrogens with zero attached hydrogens (tertiary/aromatic N) is 1. The van der Waals surface area contributed by atoms with Gasteiger partial charge in [-0.2, -0.15) is 0 Å². The van der Waals surface area contributed by atoms with E-state index in [4.69, 9.17) is 4.74 Å². The number of pyridine rings is 1. The van der Waals surface area contributed by atoms with Crippen molar-refractivity contribution in [2.45, 2.75) is 25.7 Å². The number of para-hydroxylation sites is 1. The standard InChI is InChI=1S/C15H18BrNO/c16-10-3-1-2-4-12-18-14-9-5-7-13-8-6-11-17-15(13)14/h5-9,11H,1-4,10,12H2. The zero-order valence-corrected chi connectivity index (χ0v) is 12.0. The maximum Gasteiger partial charge on any atom is 0.145 e. The lowest BCUT2D eigenvalue weighted by atomic mass is 10.2. The van der Waals surface area contributed by atoms with Gasteiger partial charge in [-0.25, -0.2) is 0 Å². The molecule has 1 heterocycles. The average molecular weight is 308 g/mol. The Bertz CT molecular complexity index is 481. The lowest BCUT2D eigenvalue weighted by Gasteiger charge is -2.08. The van der Waals surface area contributed by atoms with E-state index in [9.17, 15) is 0 Å². The topological polar surface area (TPSA) is 22.1 Å². The molecule has 0 aliphatic heterocycles. The van der Waals surface area contributed by atoms with Gasteiger partial charge in [-0.05, 0) is 25.0 Å². The molecule has 0 radical (unpaired) electrons. The minimum absolute atomic E-state index is 0.776. The number of ether oxygens (including phenoxy) is 1. The second-order valence-corrected chi connectivity index (χ2v) is 5.08. The van der Waals surface area contributed by atoms with Gasteiger partial charge in [0.2, 0.25) is 0 Å². The van der Waals surface area contributed by atoms with Crippen molar-refractivity contribution in [1.29, 1.82) is 0 Å². The minimum Gasteiger partial charge on any atom is -0.491 e. The maximum atomic E-state index is 5.83. The number of alkyl halides is 1. The van der Waals surface area contributed by atoms with E-state index in [0.29, 0.717) is 0 Å². The molecule has 0 spiro atoms. The van der Waals surface area contributed by atoms with E-state index >= 15 is 0 Å². The molecule has 0 fully saturated rings. The van der Waals surface area contributed by atoms with Gasteiger partial charge >= 0.3 is 0 Å². The van der Waals surface area contributed by atoms with Crippen LogP contribution in [0.1, 0.15) is 25.7 Å². The van der Waals surface area contributed by atoms with Crippen LogP contribution < -0.4 is 4.74 Å². The number of hydrogen-bond donors (Lipinski definition) is 0. The van der Waals surface area contributed by atoms with E-state index in [1.165, 1.54) is 19.3 Å². The highest BCUT2D eigenvalue weighted by atomic mass is 79.9. The summed E-state index contributed by atoms with van der Waals surface area (Å²) in [6, 6.07) is 10.1. The molecule has 1 aromatic heterocycles. The van der Waals surface area contributed by atoms with Gasteiger partial charge in [0.15, 0.2) is 0 Å².